The predicted octanol–water partition coefficient (Wildman–Crippen LogP) is 1.27. The highest BCUT2D eigenvalue weighted by Crippen LogP contribution is 2.31. The molecule has 2 nitrogen and oxygen atoms in total. The Balaban J connectivity index is 1.86. The molecule has 2 heterocycles. The molecule has 0 spiro atoms. The van der Waals surface area contributed by atoms with Crippen LogP contribution in [0.3, 0.4) is 0 Å². The molecule has 0 bridgehead atoms. The van der Waals surface area contributed by atoms with Crippen LogP contribution in [0.1, 0.15) is 19.3 Å². The van der Waals surface area contributed by atoms with Crippen LogP contribution in [0.2, 0.25) is 0 Å². The van der Waals surface area contributed by atoms with Crippen molar-refractivity contribution in [3.8, 4) is 0 Å². The molecule has 1 amide bonds. The second-order valence-corrected chi connectivity index (χ2v) is 4.90. The lowest BCUT2D eigenvalue weighted by Gasteiger charge is -2.25. The fourth-order valence-electron chi connectivity index (χ4n) is 2.10. The lowest BCUT2D eigenvalue weighted by atomic mass is 9.89. The lowest BCUT2D eigenvalue weighted by molar-refractivity contribution is -0.119. The molecule has 2 unspecified atom stereocenters. The fraction of sp³-hybridized carbons (Fsp3) is 0.889. The predicted molar refractivity (Wildman–Crippen MR) is 51.2 cm³/mol. The highest BCUT2D eigenvalue weighted by molar-refractivity contribution is 7.99. The van der Waals surface area contributed by atoms with Gasteiger partial charge in [-0.25, -0.2) is 0 Å². The Morgan fingerprint density at radius 1 is 1.42 bits per heavy atom. The maximum Gasteiger partial charge on any atom is 0.220 e. The summed E-state index contributed by atoms with van der Waals surface area (Å²) in [6.07, 6.45) is 3.47. The van der Waals surface area contributed by atoms with Crippen molar-refractivity contribution in [1.82, 2.24) is 5.32 Å². The Kier molecular flexibility index (Phi) is 2.59. The number of thioether (sulfide) groups is 1. The summed E-state index contributed by atoms with van der Waals surface area (Å²) >= 11 is 2.05. The first-order chi connectivity index (χ1) is 5.86. The van der Waals surface area contributed by atoms with E-state index in [2.05, 4.69) is 17.1 Å². The summed E-state index contributed by atoms with van der Waals surface area (Å²) in [6, 6.07) is 0. The average Bonchev–Trinajstić information content (AvgIpc) is 2.54. The van der Waals surface area contributed by atoms with Crippen LogP contribution in [0.15, 0.2) is 0 Å². The highest BCUT2D eigenvalue weighted by Gasteiger charge is 2.30. The molecule has 68 valence electrons. The van der Waals surface area contributed by atoms with Crippen LogP contribution in [-0.4, -0.2) is 24.0 Å². The number of carbonyl (C=O) groups excluding carboxylic acids is 1. The summed E-state index contributed by atoms with van der Waals surface area (Å²) < 4.78 is 0. The number of nitrogens with one attached hydrogen (secondary N) is 1. The summed E-state index contributed by atoms with van der Waals surface area (Å²) in [6.45, 7) is 0.935. The molecule has 2 atom stereocenters. The molecule has 0 aromatic rings. The van der Waals surface area contributed by atoms with Crippen LogP contribution in [0.5, 0.6) is 0 Å². The molecule has 3 heteroatoms. The summed E-state index contributed by atoms with van der Waals surface area (Å²) in [4.78, 5) is 11.0. The summed E-state index contributed by atoms with van der Waals surface area (Å²) in [5, 5.41) is 2.92. The molecule has 2 saturated heterocycles. The fourth-order valence-corrected chi connectivity index (χ4v) is 3.38. The van der Waals surface area contributed by atoms with Gasteiger partial charge in [0.05, 0.1) is 0 Å². The number of amides is 1. The zero-order valence-corrected chi connectivity index (χ0v) is 8.03. The first-order valence-corrected chi connectivity index (χ1v) is 5.86. The molecular weight excluding hydrogens is 170 g/mol. The van der Waals surface area contributed by atoms with E-state index >= 15 is 0 Å². The van der Waals surface area contributed by atoms with E-state index in [-0.39, 0.29) is 5.91 Å². The monoisotopic (exact) mass is 185 g/mol. The first-order valence-electron chi connectivity index (χ1n) is 4.70. The summed E-state index contributed by atoms with van der Waals surface area (Å²) in [7, 11) is 0. The molecule has 1 N–H and O–H groups in total. The third-order valence-corrected chi connectivity index (χ3v) is 4.11. The van der Waals surface area contributed by atoms with Crippen molar-refractivity contribution in [2.24, 2.45) is 11.8 Å². The Labute approximate surface area is 77.5 Å². The minimum atomic E-state index is 0.260. The van der Waals surface area contributed by atoms with E-state index in [4.69, 9.17) is 0 Å². The Morgan fingerprint density at radius 3 is 2.92 bits per heavy atom. The van der Waals surface area contributed by atoms with Gasteiger partial charge in [0.15, 0.2) is 0 Å². The molecule has 0 radical (unpaired) electrons. The normalized spacial score (nSPS) is 36.5. The highest BCUT2D eigenvalue weighted by atomic mass is 32.2. The largest absolute Gasteiger partial charge is 0.356 e. The van der Waals surface area contributed by atoms with Gasteiger partial charge in [-0.3, -0.25) is 4.79 Å². The molecule has 0 aromatic heterocycles. The van der Waals surface area contributed by atoms with Crippen LogP contribution >= 0.6 is 11.8 Å². The summed E-state index contributed by atoms with van der Waals surface area (Å²) in [5.41, 5.74) is 0. The van der Waals surface area contributed by atoms with Crippen LogP contribution in [-0.2, 0) is 4.79 Å². The van der Waals surface area contributed by atoms with E-state index in [0.29, 0.717) is 5.92 Å². The number of carbonyl (C=O) groups is 1. The number of rotatable bonds is 1. The second kappa shape index (κ2) is 3.69. The van der Waals surface area contributed by atoms with E-state index in [0.717, 1.165) is 18.9 Å². The van der Waals surface area contributed by atoms with Crippen molar-refractivity contribution in [2.75, 3.05) is 18.1 Å². The third kappa shape index (κ3) is 1.76. The molecule has 0 aromatic carbocycles. The SMILES string of the molecule is O=C1CC(C2CCCSC2)CN1. The Hall–Kier alpha value is -0.180. The standard InChI is InChI=1S/C9H15NOS/c11-9-4-8(5-10-9)7-2-1-3-12-6-7/h7-8H,1-6H2,(H,10,11). The van der Waals surface area contributed by atoms with Crippen LogP contribution in [0.25, 0.3) is 0 Å². The van der Waals surface area contributed by atoms with Gasteiger partial charge in [0.25, 0.3) is 0 Å². The maximum absolute atomic E-state index is 11.0. The third-order valence-electron chi connectivity index (χ3n) is 2.87. The molecule has 0 aliphatic carbocycles. The first kappa shape index (κ1) is 8.42. The zero-order valence-electron chi connectivity index (χ0n) is 7.21. The molecule has 0 saturated carbocycles. The molecule has 2 rings (SSSR count). The van der Waals surface area contributed by atoms with Crippen LogP contribution < -0.4 is 5.32 Å². The molecule has 2 fully saturated rings. The quantitative estimate of drug-likeness (QED) is 0.666. The van der Waals surface area contributed by atoms with Gasteiger partial charge >= 0.3 is 0 Å². The lowest BCUT2D eigenvalue weighted by Crippen LogP contribution is -2.22. The van der Waals surface area contributed by atoms with E-state index in [1.165, 1.54) is 24.3 Å². The van der Waals surface area contributed by atoms with E-state index in [1.54, 1.807) is 0 Å². The molecule has 2 aliphatic heterocycles. The maximum atomic E-state index is 11.0. The van der Waals surface area contributed by atoms with Crippen LogP contribution in [0.4, 0.5) is 0 Å². The van der Waals surface area contributed by atoms with E-state index in [9.17, 15) is 4.79 Å². The second-order valence-electron chi connectivity index (χ2n) is 3.75. The smallest absolute Gasteiger partial charge is 0.220 e. The number of hydrogen-bond donors (Lipinski definition) is 1. The van der Waals surface area contributed by atoms with Gasteiger partial charge in [0.1, 0.15) is 0 Å². The van der Waals surface area contributed by atoms with Crippen molar-refractivity contribution in [3.63, 3.8) is 0 Å². The van der Waals surface area contributed by atoms with Crippen LogP contribution in [0, 0.1) is 11.8 Å². The van der Waals surface area contributed by atoms with E-state index < -0.39 is 0 Å². The number of hydrogen-bond acceptors (Lipinski definition) is 2. The van der Waals surface area contributed by atoms with Gasteiger partial charge in [0, 0.05) is 13.0 Å². The van der Waals surface area contributed by atoms with Gasteiger partial charge < -0.3 is 5.32 Å². The summed E-state index contributed by atoms with van der Waals surface area (Å²) in [5.74, 6) is 4.31. The van der Waals surface area contributed by atoms with Gasteiger partial charge in [-0.15, -0.1) is 0 Å². The van der Waals surface area contributed by atoms with Crippen molar-refractivity contribution in [2.45, 2.75) is 19.3 Å². The molecule has 2 aliphatic rings. The van der Waals surface area contributed by atoms with Gasteiger partial charge in [-0.05, 0) is 36.2 Å². The van der Waals surface area contributed by atoms with Gasteiger partial charge in [-0.1, -0.05) is 0 Å². The molecular formula is C9H15NOS. The zero-order chi connectivity index (χ0) is 8.39. The Bertz CT molecular complexity index is 177. The van der Waals surface area contributed by atoms with Crippen molar-refractivity contribution in [1.29, 1.82) is 0 Å². The Morgan fingerprint density at radius 2 is 2.33 bits per heavy atom. The van der Waals surface area contributed by atoms with Gasteiger partial charge in [0.2, 0.25) is 5.91 Å². The van der Waals surface area contributed by atoms with Crippen molar-refractivity contribution >= 4 is 17.7 Å². The minimum Gasteiger partial charge on any atom is -0.356 e. The van der Waals surface area contributed by atoms with E-state index in [1.807, 2.05) is 0 Å². The topological polar surface area (TPSA) is 29.1 Å². The molecule has 12 heavy (non-hydrogen) atoms. The minimum absolute atomic E-state index is 0.260. The van der Waals surface area contributed by atoms with Gasteiger partial charge in [-0.2, -0.15) is 11.8 Å². The van der Waals surface area contributed by atoms with Crippen molar-refractivity contribution in [3.05, 3.63) is 0 Å². The van der Waals surface area contributed by atoms with Crippen molar-refractivity contribution < 1.29 is 4.79 Å². The average molecular weight is 185 g/mol.